The molecule has 0 radical (unpaired) electrons. The molecule has 1 amide bonds. The van der Waals surface area contributed by atoms with E-state index in [-0.39, 0.29) is 6.54 Å². The van der Waals surface area contributed by atoms with Crippen molar-refractivity contribution in [1.82, 2.24) is 14.7 Å². The van der Waals surface area contributed by atoms with E-state index in [0.717, 1.165) is 48.8 Å². The molecule has 1 N–H and O–H groups in total. The average molecular weight is 402 g/mol. The van der Waals surface area contributed by atoms with Crippen molar-refractivity contribution in [2.24, 2.45) is 0 Å². The lowest BCUT2D eigenvalue weighted by Gasteiger charge is -2.35. The molecule has 10 heteroatoms. The maximum Gasteiger partial charge on any atom is 0.435 e. The average Bonchev–Trinajstić information content (AvgIpc) is 3.05. The maximum atomic E-state index is 12.6. The summed E-state index contributed by atoms with van der Waals surface area (Å²) in [5, 5.41) is 6.59. The smallest absolute Gasteiger partial charge is 0.367 e. The Morgan fingerprint density at radius 3 is 2.56 bits per heavy atom. The predicted molar refractivity (Wildman–Crippen MR) is 97.0 cm³/mol. The Morgan fingerprint density at radius 1 is 1.22 bits per heavy atom. The molecule has 1 aliphatic rings. The molecule has 146 valence electrons. The third kappa shape index (κ3) is 4.92. The summed E-state index contributed by atoms with van der Waals surface area (Å²) in [6, 6.07) is 6.05. The van der Waals surface area contributed by atoms with Gasteiger partial charge in [0.05, 0.1) is 11.4 Å². The number of rotatable bonds is 4. The molecule has 1 aliphatic heterocycles. The van der Waals surface area contributed by atoms with Gasteiger partial charge in [0.2, 0.25) is 5.91 Å². The van der Waals surface area contributed by atoms with Gasteiger partial charge in [0.25, 0.3) is 0 Å². The number of anilines is 2. The van der Waals surface area contributed by atoms with Gasteiger partial charge in [-0.15, -0.1) is 0 Å². The van der Waals surface area contributed by atoms with E-state index in [1.54, 1.807) is 12.1 Å². The molecular formula is C17H19ClF3N5O. The van der Waals surface area contributed by atoms with Gasteiger partial charge in [0.1, 0.15) is 6.54 Å². The highest BCUT2D eigenvalue weighted by Crippen LogP contribution is 2.30. The molecule has 2 aromatic rings. The zero-order valence-electron chi connectivity index (χ0n) is 14.6. The van der Waals surface area contributed by atoms with E-state index in [2.05, 4.69) is 20.2 Å². The van der Waals surface area contributed by atoms with Crippen LogP contribution in [0.1, 0.15) is 5.69 Å². The number of amides is 1. The number of benzene rings is 1. The van der Waals surface area contributed by atoms with E-state index in [9.17, 15) is 18.0 Å². The standard InChI is InChI=1S/C17H19ClF3N5O/c1-24-6-8-25(9-7-24)14-3-2-12(18)10-13(14)22-16(27)11-26-5-4-15(23-26)17(19,20)21/h2-5,10H,6-9,11H2,1H3,(H,22,27). The predicted octanol–water partition coefficient (Wildman–Crippen LogP) is 2.95. The molecule has 1 saturated heterocycles. The number of aromatic nitrogens is 2. The van der Waals surface area contributed by atoms with Gasteiger partial charge in [-0.2, -0.15) is 18.3 Å². The molecule has 0 atom stereocenters. The molecule has 1 fully saturated rings. The fourth-order valence-electron chi connectivity index (χ4n) is 2.87. The van der Waals surface area contributed by atoms with Crippen LogP contribution in [0, 0.1) is 0 Å². The van der Waals surface area contributed by atoms with Crippen molar-refractivity contribution in [2.75, 3.05) is 43.4 Å². The summed E-state index contributed by atoms with van der Waals surface area (Å²) in [6.45, 7) is 3.06. The van der Waals surface area contributed by atoms with Gasteiger partial charge in [0, 0.05) is 37.4 Å². The number of nitrogens with zero attached hydrogens (tertiary/aromatic N) is 4. The molecule has 6 nitrogen and oxygen atoms in total. The number of likely N-dealkylation sites (N-methyl/N-ethyl adjacent to an activating group) is 1. The van der Waals surface area contributed by atoms with Gasteiger partial charge in [0.15, 0.2) is 5.69 Å². The SMILES string of the molecule is CN1CCN(c2ccc(Cl)cc2NC(=O)Cn2ccc(C(F)(F)F)n2)CC1. The zero-order chi connectivity index (χ0) is 19.6. The first-order chi connectivity index (χ1) is 12.7. The lowest BCUT2D eigenvalue weighted by molar-refractivity contribution is -0.141. The van der Waals surface area contributed by atoms with Crippen LogP contribution in [0.4, 0.5) is 24.5 Å². The van der Waals surface area contributed by atoms with Crippen molar-refractivity contribution in [3.05, 3.63) is 41.2 Å². The first-order valence-electron chi connectivity index (χ1n) is 8.36. The minimum Gasteiger partial charge on any atom is -0.367 e. The molecule has 1 aromatic carbocycles. The van der Waals surface area contributed by atoms with Crippen molar-refractivity contribution in [1.29, 1.82) is 0 Å². The lowest BCUT2D eigenvalue weighted by Crippen LogP contribution is -2.44. The maximum absolute atomic E-state index is 12.6. The molecule has 27 heavy (non-hydrogen) atoms. The number of hydrogen-bond acceptors (Lipinski definition) is 4. The Kier molecular flexibility index (Phi) is 5.61. The van der Waals surface area contributed by atoms with E-state index in [0.29, 0.717) is 10.7 Å². The van der Waals surface area contributed by atoms with Gasteiger partial charge in [-0.1, -0.05) is 11.6 Å². The second kappa shape index (κ2) is 7.77. The van der Waals surface area contributed by atoms with Crippen LogP contribution in [0.15, 0.2) is 30.5 Å². The topological polar surface area (TPSA) is 53.4 Å². The highest BCUT2D eigenvalue weighted by Gasteiger charge is 2.33. The number of nitrogens with one attached hydrogen (secondary N) is 1. The Balaban J connectivity index is 1.72. The van der Waals surface area contributed by atoms with E-state index in [1.807, 2.05) is 13.1 Å². The van der Waals surface area contributed by atoms with Crippen LogP contribution >= 0.6 is 11.6 Å². The summed E-state index contributed by atoms with van der Waals surface area (Å²) in [4.78, 5) is 16.7. The molecule has 0 spiro atoms. The van der Waals surface area contributed by atoms with Crippen LogP contribution in [0.2, 0.25) is 5.02 Å². The van der Waals surface area contributed by atoms with Crippen LogP contribution in [0.25, 0.3) is 0 Å². The van der Waals surface area contributed by atoms with Gasteiger partial charge in [-0.05, 0) is 31.3 Å². The second-order valence-corrected chi connectivity index (χ2v) is 6.83. The first-order valence-corrected chi connectivity index (χ1v) is 8.74. The Labute approximate surface area is 159 Å². The normalized spacial score (nSPS) is 15.8. The monoisotopic (exact) mass is 401 g/mol. The molecular weight excluding hydrogens is 383 g/mol. The minimum atomic E-state index is -4.54. The van der Waals surface area contributed by atoms with Gasteiger partial charge >= 0.3 is 6.18 Å². The van der Waals surface area contributed by atoms with Gasteiger partial charge < -0.3 is 15.1 Å². The molecule has 0 aliphatic carbocycles. The van der Waals surface area contributed by atoms with Crippen LogP contribution in [-0.2, 0) is 17.5 Å². The summed E-state index contributed by atoms with van der Waals surface area (Å²) in [6.07, 6.45) is -3.41. The van der Waals surface area contributed by atoms with Crippen LogP contribution in [-0.4, -0.2) is 53.8 Å². The summed E-state index contributed by atoms with van der Waals surface area (Å²) >= 11 is 6.06. The lowest BCUT2D eigenvalue weighted by atomic mass is 10.2. The zero-order valence-corrected chi connectivity index (χ0v) is 15.4. The minimum absolute atomic E-state index is 0.329. The molecule has 3 rings (SSSR count). The Bertz CT molecular complexity index is 815. The van der Waals surface area contributed by atoms with E-state index in [4.69, 9.17) is 11.6 Å². The van der Waals surface area contributed by atoms with Crippen LogP contribution < -0.4 is 10.2 Å². The Morgan fingerprint density at radius 2 is 1.93 bits per heavy atom. The third-order valence-corrected chi connectivity index (χ3v) is 4.55. The van der Waals surface area contributed by atoms with Gasteiger partial charge in [-0.3, -0.25) is 9.48 Å². The van der Waals surface area contributed by atoms with Crippen molar-refractivity contribution in [3.63, 3.8) is 0 Å². The van der Waals surface area contributed by atoms with E-state index in [1.165, 1.54) is 0 Å². The summed E-state index contributed by atoms with van der Waals surface area (Å²) in [5.74, 6) is -0.482. The number of halogens is 4. The number of alkyl halides is 3. The number of carbonyl (C=O) groups excluding carboxylic acids is 1. The van der Waals surface area contributed by atoms with Crippen molar-refractivity contribution in [3.8, 4) is 0 Å². The van der Waals surface area contributed by atoms with E-state index >= 15 is 0 Å². The van der Waals surface area contributed by atoms with Gasteiger partial charge in [-0.25, -0.2) is 0 Å². The molecule has 0 unspecified atom stereocenters. The molecule has 1 aromatic heterocycles. The van der Waals surface area contributed by atoms with Crippen molar-refractivity contribution < 1.29 is 18.0 Å². The summed E-state index contributed by atoms with van der Waals surface area (Å²) in [7, 11) is 2.04. The Hall–Kier alpha value is -2.26. The van der Waals surface area contributed by atoms with Crippen LogP contribution in [0.3, 0.4) is 0 Å². The fraction of sp³-hybridized carbons (Fsp3) is 0.412. The quantitative estimate of drug-likeness (QED) is 0.856. The summed E-state index contributed by atoms with van der Waals surface area (Å²) < 4.78 is 38.8. The first kappa shape index (κ1) is 19.5. The number of hydrogen-bond donors (Lipinski definition) is 1. The second-order valence-electron chi connectivity index (χ2n) is 6.40. The van der Waals surface area contributed by atoms with Crippen LogP contribution in [0.5, 0.6) is 0 Å². The molecule has 0 bridgehead atoms. The fourth-order valence-corrected chi connectivity index (χ4v) is 3.04. The highest BCUT2D eigenvalue weighted by atomic mass is 35.5. The third-order valence-electron chi connectivity index (χ3n) is 4.31. The molecule has 2 heterocycles. The molecule has 0 saturated carbocycles. The summed E-state index contributed by atoms with van der Waals surface area (Å²) in [5.41, 5.74) is 0.328. The van der Waals surface area contributed by atoms with Crippen molar-refractivity contribution in [2.45, 2.75) is 12.7 Å². The van der Waals surface area contributed by atoms with E-state index < -0.39 is 17.8 Å². The number of carbonyl (C=O) groups is 1. The largest absolute Gasteiger partial charge is 0.435 e. The van der Waals surface area contributed by atoms with Crippen molar-refractivity contribution >= 4 is 28.9 Å². The highest BCUT2D eigenvalue weighted by molar-refractivity contribution is 6.31. The number of piperazine rings is 1.